The molecule has 0 bridgehead atoms. The summed E-state index contributed by atoms with van der Waals surface area (Å²) >= 11 is 0. The molecule has 0 aliphatic rings. The summed E-state index contributed by atoms with van der Waals surface area (Å²) in [6.07, 6.45) is 0. The Morgan fingerprint density at radius 3 is 2.65 bits per heavy atom. The second-order valence-electron chi connectivity index (χ2n) is 3.23. The zero-order chi connectivity index (χ0) is 12.3. The van der Waals surface area contributed by atoms with E-state index < -0.39 is 11.6 Å². The van der Waals surface area contributed by atoms with Crippen LogP contribution in [0.15, 0.2) is 36.4 Å². The minimum Gasteiger partial charge on any atom is -0.493 e. The number of hydrogen-bond donors (Lipinski definition) is 0. The lowest BCUT2D eigenvalue weighted by atomic mass is 10.3. The Morgan fingerprint density at radius 2 is 1.88 bits per heavy atom. The standard InChI is InChI=1S/C13H9F2O2/c1-16-10-6-2-3-7-11(10)17-12-8-4-5-9(14)13(12)15/h3-8H,1H3. The molecule has 87 valence electrons. The van der Waals surface area contributed by atoms with Gasteiger partial charge in [0, 0.05) is 0 Å². The van der Waals surface area contributed by atoms with Crippen LogP contribution in [0, 0.1) is 17.7 Å². The van der Waals surface area contributed by atoms with Crippen molar-refractivity contribution in [3.05, 3.63) is 54.1 Å². The summed E-state index contributed by atoms with van der Waals surface area (Å²) in [6.45, 7) is 0. The molecular weight excluding hydrogens is 226 g/mol. The number of rotatable bonds is 3. The summed E-state index contributed by atoms with van der Waals surface area (Å²) in [5.74, 6) is -1.47. The van der Waals surface area contributed by atoms with Gasteiger partial charge in [-0.2, -0.15) is 4.39 Å². The van der Waals surface area contributed by atoms with Crippen molar-refractivity contribution in [3.8, 4) is 17.2 Å². The third-order valence-corrected chi connectivity index (χ3v) is 2.14. The van der Waals surface area contributed by atoms with Crippen molar-refractivity contribution in [2.75, 3.05) is 7.11 Å². The summed E-state index contributed by atoms with van der Waals surface area (Å²) in [6, 6.07) is 11.2. The van der Waals surface area contributed by atoms with Gasteiger partial charge in [-0.1, -0.05) is 12.1 Å². The van der Waals surface area contributed by atoms with E-state index in [1.54, 1.807) is 18.2 Å². The first-order valence-electron chi connectivity index (χ1n) is 4.88. The van der Waals surface area contributed by atoms with Crippen LogP contribution in [0.5, 0.6) is 17.2 Å². The van der Waals surface area contributed by atoms with Gasteiger partial charge in [0.05, 0.1) is 7.11 Å². The Hall–Kier alpha value is -2.10. The van der Waals surface area contributed by atoms with Gasteiger partial charge in [-0.15, -0.1) is 0 Å². The first-order chi connectivity index (χ1) is 8.22. The second-order valence-corrected chi connectivity index (χ2v) is 3.23. The van der Waals surface area contributed by atoms with Crippen LogP contribution >= 0.6 is 0 Å². The van der Waals surface area contributed by atoms with Gasteiger partial charge in [-0.25, -0.2) is 4.39 Å². The van der Waals surface area contributed by atoms with E-state index in [-0.39, 0.29) is 5.75 Å². The Bertz CT molecular complexity index is 527. The molecule has 0 aliphatic carbocycles. The van der Waals surface area contributed by atoms with E-state index in [0.29, 0.717) is 11.5 Å². The summed E-state index contributed by atoms with van der Waals surface area (Å²) in [7, 11) is 1.46. The van der Waals surface area contributed by atoms with Crippen LogP contribution in [-0.2, 0) is 0 Å². The van der Waals surface area contributed by atoms with Crippen molar-refractivity contribution in [3.63, 3.8) is 0 Å². The van der Waals surface area contributed by atoms with Gasteiger partial charge < -0.3 is 9.47 Å². The first kappa shape index (κ1) is 11.4. The average molecular weight is 235 g/mol. The van der Waals surface area contributed by atoms with Crippen LogP contribution in [0.3, 0.4) is 0 Å². The van der Waals surface area contributed by atoms with Gasteiger partial charge in [0.2, 0.25) is 5.82 Å². The van der Waals surface area contributed by atoms with Crippen molar-refractivity contribution >= 4 is 0 Å². The van der Waals surface area contributed by atoms with Gasteiger partial charge in [0.25, 0.3) is 0 Å². The molecule has 0 saturated heterocycles. The van der Waals surface area contributed by atoms with E-state index in [0.717, 1.165) is 6.07 Å². The van der Waals surface area contributed by atoms with Gasteiger partial charge >= 0.3 is 0 Å². The van der Waals surface area contributed by atoms with Crippen molar-refractivity contribution < 1.29 is 18.3 Å². The summed E-state index contributed by atoms with van der Waals surface area (Å²) in [5.41, 5.74) is 0. The highest BCUT2D eigenvalue weighted by atomic mass is 19.2. The topological polar surface area (TPSA) is 18.5 Å². The van der Waals surface area contributed by atoms with Crippen LogP contribution in [-0.4, -0.2) is 7.11 Å². The molecule has 0 heterocycles. The normalized spacial score (nSPS) is 10.1. The van der Waals surface area contributed by atoms with E-state index in [1.165, 1.54) is 19.2 Å². The van der Waals surface area contributed by atoms with Crippen LogP contribution in [0.1, 0.15) is 0 Å². The van der Waals surface area contributed by atoms with E-state index in [4.69, 9.17) is 9.47 Å². The zero-order valence-corrected chi connectivity index (χ0v) is 9.04. The van der Waals surface area contributed by atoms with E-state index >= 15 is 0 Å². The molecule has 0 aliphatic heterocycles. The SMILES string of the molecule is COc1c[c]ccc1Oc1cccc(F)c1F. The number of ether oxygens (including phenoxy) is 2. The molecule has 0 amide bonds. The molecule has 0 fully saturated rings. The monoisotopic (exact) mass is 235 g/mol. The minimum atomic E-state index is -1.03. The van der Waals surface area contributed by atoms with E-state index in [1.807, 2.05) is 0 Å². The molecule has 0 atom stereocenters. The van der Waals surface area contributed by atoms with E-state index in [2.05, 4.69) is 6.07 Å². The quantitative estimate of drug-likeness (QED) is 0.809. The number of methoxy groups -OCH3 is 1. The van der Waals surface area contributed by atoms with Gasteiger partial charge in [-0.05, 0) is 30.3 Å². The summed E-state index contributed by atoms with van der Waals surface area (Å²) < 4.78 is 36.6. The number of halogens is 2. The minimum absolute atomic E-state index is 0.186. The fraction of sp³-hybridized carbons (Fsp3) is 0.0769. The van der Waals surface area contributed by atoms with Crippen molar-refractivity contribution in [2.45, 2.75) is 0 Å². The van der Waals surface area contributed by atoms with Gasteiger partial charge in [-0.3, -0.25) is 0 Å². The molecule has 2 nitrogen and oxygen atoms in total. The molecule has 1 radical (unpaired) electrons. The van der Waals surface area contributed by atoms with Crippen LogP contribution < -0.4 is 9.47 Å². The molecular formula is C13H9F2O2. The fourth-order valence-corrected chi connectivity index (χ4v) is 1.33. The number of hydrogen-bond acceptors (Lipinski definition) is 2. The maximum absolute atomic E-state index is 13.4. The molecule has 2 aromatic carbocycles. The fourth-order valence-electron chi connectivity index (χ4n) is 1.33. The molecule has 0 spiro atoms. The number of benzene rings is 2. The van der Waals surface area contributed by atoms with Gasteiger partial charge in [0.1, 0.15) is 0 Å². The highest BCUT2D eigenvalue weighted by molar-refractivity contribution is 5.42. The molecule has 0 N–H and O–H groups in total. The molecule has 17 heavy (non-hydrogen) atoms. The predicted molar refractivity (Wildman–Crippen MR) is 58.3 cm³/mol. The van der Waals surface area contributed by atoms with Crippen LogP contribution in [0.4, 0.5) is 8.78 Å². The molecule has 4 heteroatoms. The van der Waals surface area contributed by atoms with Crippen molar-refractivity contribution in [1.29, 1.82) is 0 Å². The average Bonchev–Trinajstić information content (AvgIpc) is 2.35. The van der Waals surface area contributed by atoms with E-state index in [9.17, 15) is 8.78 Å². The molecule has 2 aromatic rings. The van der Waals surface area contributed by atoms with Crippen LogP contribution in [0.25, 0.3) is 0 Å². The lowest BCUT2D eigenvalue weighted by Crippen LogP contribution is -1.93. The summed E-state index contributed by atoms with van der Waals surface area (Å²) in [5, 5.41) is 0. The summed E-state index contributed by atoms with van der Waals surface area (Å²) in [4.78, 5) is 0. The molecule has 0 saturated carbocycles. The predicted octanol–water partition coefficient (Wildman–Crippen LogP) is 3.57. The van der Waals surface area contributed by atoms with Crippen molar-refractivity contribution in [1.82, 2.24) is 0 Å². The molecule has 0 unspecified atom stereocenters. The first-order valence-corrected chi connectivity index (χ1v) is 4.88. The maximum Gasteiger partial charge on any atom is 0.201 e. The lowest BCUT2D eigenvalue weighted by molar-refractivity contribution is 0.365. The largest absolute Gasteiger partial charge is 0.493 e. The smallest absolute Gasteiger partial charge is 0.201 e. The third kappa shape index (κ3) is 2.36. The lowest BCUT2D eigenvalue weighted by Gasteiger charge is -2.10. The Morgan fingerprint density at radius 1 is 1.06 bits per heavy atom. The zero-order valence-electron chi connectivity index (χ0n) is 9.04. The molecule has 0 aromatic heterocycles. The maximum atomic E-state index is 13.4. The third-order valence-electron chi connectivity index (χ3n) is 2.14. The molecule has 2 rings (SSSR count). The highest BCUT2D eigenvalue weighted by Crippen LogP contribution is 2.32. The second kappa shape index (κ2) is 4.82. The van der Waals surface area contributed by atoms with Gasteiger partial charge in [0.15, 0.2) is 23.1 Å². The highest BCUT2D eigenvalue weighted by Gasteiger charge is 2.11. The van der Waals surface area contributed by atoms with Crippen molar-refractivity contribution in [2.24, 2.45) is 0 Å². The Kier molecular flexibility index (Phi) is 3.23. The Balaban J connectivity index is 2.35. The Labute approximate surface area is 97.4 Å². The van der Waals surface area contributed by atoms with Crippen LogP contribution in [0.2, 0.25) is 0 Å².